The number of nitrogens with zero attached hydrogens (tertiary/aromatic N) is 3. The molecule has 0 atom stereocenters. The van der Waals surface area contributed by atoms with E-state index in [0.29, 0.717) is 0 Å². The number of aromatic amines is 1. The molecule has 0 aliphatic carbocycles. The second-order valence-corrected chi connectivity index (χ2v) is 4.73. The lowest BCUT2D eigenvalue weighted by Crippen LogP contribution is -2.12. The minimum atomic E-state index is -0.693. The Morgan fingerprint density at radius 2 is 2.05 bits per heavy atom. The number of hydrogen-bond donors (Lipinski definition) is 3. The second-order valence-electron chi connectivity index (χ2n) is 4.29. The minimum Gasteiger partial charge on any atom is -0.505 e. The van der Waals surface area contributed by atoms with E-state index in [0.717, 1.165) is 0 Å². The summed E-state index contributed by atoms with van der Waals surface area (Å²) in [6.07, 6.45) is -0.576. The van der Waals surface area contributed by atoms with E-state index in [4.69, 9.17) is 11.6 Å². The molecule has 114 valence electrons. The fraction of sp³-hybridized carbons (Fsp3) is 0.167. The number of aromatic hydroxyl groups is 1. The Kier molecular flexibility index (Phi) is 4.47. The summed E-state index contributed by atoms with van der Waals surface area (Å²) in [6.45, 7) is 1.24. The number of carbonyl (C=O) groups excluding carboxylic acids is 3. The van der Waals surface area contributed by atoms with Crippen LogP contribution in [-0.4, -0.2) is 43.2 Å². The van der Waals surface area contributed by atoms with E-state index in [1.807, 2.05) is 0 Å². The first kappa shape index (κ1) is 15.6. The molecule has 1 aromatic heterocycles. The number of carbonyl (C=O) groups is 3. The van der Waals surface area contributed by atoms with Gasteiger partial charge in [-0.25, -0.2) is 0 Å². The van der Waals surface area contributed by atoms with Gasteiger partial charge in [0, 0.05) is 11.9 Å². The van der Waals surface area contributed by atoms with Crippen LogP contribution >= 0.6 is 11.6 Å². The minimum absolute atomic E-state index is 0.0182. The van der Waals surface area contributed by atoms with Gasteiger partial charge in [0.05, 0.1) is 17.7 Å². The summed E-state index contributed by atoms with van der Waals surface area (Å²) >= 11 is 5.85. The number of aromatic nitrogens is 4. The number of anilines is 1. The van der Waals surface area contributed by atoms with Crippen LogP contribution in [0.5, 0.6) is 5.75 Å². The van der Waals surface area contributed by atoms with E-state index >= 15 is 0 Å². The first-order valence-electron chi connectivity index (χ1n) is 5.98. The van der Waals surface area contributed by atoms with Crippen LogP contribution < -0.4 is 5.32 Å². The molecule has 1 aromatic carbocycles. The Hall–Kier alpha value is -2.81. The van der Waals surface area contributed by atoms with Gasteiger partial charge in [-0.15, -0.1) is 10.2 Å². The number of halogens is 1. The highest BCUT2D eigenvalue weighted by Gasteiger charge is 2.21. The zero-order valence-corrected chi connectivity index (χ0v) is 12.0. The van der Waals surface area contributed by atoms with Crippen molar-refractivity contribution in [2.45, 2.75) is 13.3 Å². The molecule has 0 saturated carbocycles. The third-order valence-corrected chi connectivity index (χ3v) is 2.82. The second kappa shape index (κ2) is 6.31. The first-order chi connectivity index (χ1) is 10.4. The molecule has 0 fully saturated rings. The van der Waals surface area contributed by atoms with Gasteiger partial charge in [0.1, 0.15) is 5.75 Å². The van der Waals surface area contributed by atoms with Gasteiger partial charge in [0.15, 0.2) is 5.78 Å². The highest BCUT2D eigenvalue weighted by atomic mass is 35.5. The molecule has 0 bridgehead atoms. The van der Waals surface area contributed by atoms with Crippen molar-refractivity contribution < 1.29 is 19.5 Å². The number of ketones is 2. The average molecular weight is 324 g/mol. The lowest BCUT2D eigenvalue weighted by atomic mass is 10.0. The quantitative estimate of drug-likeness (QED) is 0.423. The third kappa shape index (κ3) is 3.44. The van der Waals surface area contributed by atoms with Crippen molar-refractivity contribution in [3.63, 3.8) is 0 Å². The summed E-state index contributed by atoms with van der Waals surface area (Å²) < 4.78 is 0. The zero-order valence-electron chi connectivity index (χ0n) is 11.3. The van der Waals surface area contributed by atoms with Crippen molar-refractivity contribution in [3.05, 3.63) is 28.5 Å². The lowest BCUT2D eigenvalue weighted by Gasteiger charge is -2.10. The average Bonchev–Trinajstić information content (AvgIpc) is 2.95. The maximum atomic E-state index is 12.1. The zero-order chi connectivity index (χ0) is 16.3. The van der Waals surface area contributed by atoms with Crippen LogP contribution in [0, 0.1) is 0 Å². The van der Waals surface area contributed by atoms with Crippen molar-refractivity contribution in [3.8, 4) is 5.75 Å². The van der Waals surface area contributed by atoms with Gasteiger partial charge in [-0.1, -0.05) is 11.6 Å². The number of amides is 1. The van der Waals surface area contributed by atoms with Gasteiger partial charge < -0.3 is 10.4 Å². The van der Waals surface area contributed by atoms with Crippen LogP contribution in [0.4, 0.5) is 5.69 Å². The monoisotopic (exact) mass is 323 g/mol. The molecule has 2 aromatic rings. The van der Waals surface area contributed by atoms with Gasteiger partial charge in [0.25, 0.3) is 0 Å². The van der Waals surface area contributed by atoms with Crippen LogP contribution in [0.2, 0.25) is 5.02 Å². The number of benzene rings is 1. The van der Waals surface area contributed by atoms with Crippen molar-refractivity contribution >= 4 is 34.8 Å². The number of rotatable bonds is 5. The fourth-order valence-electron chi connectivity index (χ4n) is 1.70. The highest BCUT2D eigenvalue weighted by Crippen LogP contribution is 2.32. The molecule has 9 nitrogen and oxygen atoms in total. The Morgan fingerprint density at radius 3 is 2.64 bits per heavy atom. The molecule has 0 aliphatic rings. The highest BCUT2D eigenvalue weighted by molar-refractivity contribution is 6.31. The summed E-state index contributed by atoms with van der Waals surface area (Å²) in [5.74, 6) is -2.51. The smallest absolute Gasteiger partial charge is 0.240 e. The Morgan fingerprint density at radius 1 is 1.32 bits per heavy atom. The molecule has 1 amide bonds. The predicted molar refractivity (Wildman–Crippen MR) is 74.9 cm³/mol. The number of phenolic OH excluding ortho intramolecular Hbond substituents is 1. The number of tetrazole rings is 1. The number of phenols is 1. The molecule has 10 heteroatoms. The van der Waals surface area contributed by atoms with Gasteiger partial charge >= 0.3 is 0 Å². The van der Waals surface area contributed by atoms with Gasteiger partial charge in [-0.3, -0.25) is 14.4 Å². The molecule has 0 radical (unpaired) electrons. The molecule has 0 saturated heterocycles. The summed E-state index contributed by atoms with van der Waals surface area (Å²) in [5.41, 5.74) is -0.205. The Bertz CT molecular complexity index is 744. The van der Waals surface area contributed by atoms with Crippen LogP contribution in [0.25, 0.3) is 0 Å². The fourth-order valence-corrected chi connectivity index (χ4v) is 1.91. The van der Waals surface area contributed by atoms with E-state index < -0.39 is 29.6 Å². The third-order valence-electron chi connectivity index (χ3n) is 2.60. The van der Waals surface area contributed by atoms with Gasteiger partial charge in [0.2, 0.25) is 17.5 Å². The Labute approximate surface area is 128 Å². The molecule has 1 heterocycles. The topological polar surface area (TPSA) is 138 Å². The normalized spacial score (nSPS) is 10.3. The summed E-state index contributed by atoms with van der Waals surface area (Å²) in [6, 6.07) is 2.49. The molecule has 22 heavy (non-hydrogen) atoms. The van der Waals surface area contributed by atoms with E-state index in [1.54, 1.807) is 0 Å². The number of hydrogen-bond acceptors (Lipinski definition) is 7. The molecule has 0 spiro atoms. The number of nitrogens with one attached hydrogen (secondary N) is 2. The summed E-state index contributed by atoms with van der Waals surface area (Å²) in [7, 11) is 0. The number of Topliss-reactive ketones (excluding diaryl/α,β-unsaturated/α-hetero) is 2. The SMILES string of the molecule is CC(=O)Nc1cc(Cl)cc(C(=O)CC(=O)c2nn[nH]n2)c1O. The maximum absolute atomic E-state index is 12.1. The van der Waals surface area contributed by atoms with Crippen molar-refractivity contribution in [2.24, 2.45) is 0 Å². The van der Waals surface area contributed by atoms with Crippen LogP contribution in [0.15, 0.2) is 12.1 Å². The van der Waals surface area contributed by atoms with E-state index in [2.05, 4.69) is 25.9 Å². The van der Waals surface area contributed by atoms with Gasteiger partial charge in [-0.2, -0.15) is 5.21 Å². The lowest BCUT2D eigenvalue weighted by molar-refractivity contribution is -0.114. The molecule has 0 unspecified atom stereocenters. The van der Waals surface area contributed by atoms with Crippen molar-refractivity contribution in [1.82, 2.24) is 20.6 Å². The van der Waals surface area contributed by atoms with Crippen molar-refractivity contribution in [2.75, 3.05) is 5.32 Å². The van der Waals surface area contributed by atoms with Crippen LogP contribution in [0.1, 0.15) is 34.3 Å². The summed E-state index contributed by atoms with van der Waals surface area (Å²) in [4.78, 5) is 34.9. The number of H-pyrrole nitrogens is 1. The van der Waals surface area contributed by atoms with Gasteiger partial charge in [-0.05, 0) is 17.3 Å². The standard InChI is InChI=1S/C12H10ClN5O4/c1-5(19)14-8-3-6(13)2-7(11(8)22)9(20)4-10(21)12-15-17-18-16-12/h2-3,22H,4H2,1H3,(H,14,19)(H,15,16,17,18). The van der Waals surface area contributed by atoms with E-state index in [-0.39, 0.29) is 22.1 Å². The van der Waals surface area contributed by atoms with Crippen molar-refractivity contribution in [1.29, 1.82) is 0 Å². The molecular weight excluding hydrogens is 314 g/mol. The first-order valence-corrected chi connectivity index (χ1v) is 6.36. The van der Waals surface area contributed by atoms with E-state index in [1.165, 1.54) is 19.1 Å². The predicted octanol–water partition coefficient (Wildman–Crippen LogP) is 0.973. The van der Waals surface area contributed by atoms with Crippen LogP contribution in [-0.2, 0) is 4.79 Å². The van der Waals surface area contributed by atoms with Crippen LogP contribution in [0.3, 0.4) is 0 Å². The van der Waals surface area contributed by atoms with E-state index in [9.17, 15) is 19.5 Å². The molecule has 2 rings (SSSR count). The maximum Gasteiger partial charge on any atom is 0.240 e. The Balaban J connectivity index is 2.27. The largest absolute Gasteiger partial charge is 0.505 e. The molecule has 3 N–H and O–H groups in total. The summed E-state index contributed by atoms with van der Waals surface area (Å²) in [5, 5.41) is 24.7. The molecule has 0 aliphatic heterocycles. The molecular formula is C12H10ClN5O4.